The quantitative estimate of drug-likeness (QED) is 0.534. The zero-order valence-electron chi connectivity index (χ0n) is 18.6. The molecule has 2 amide bonds. The number of nitrogens with zero attached hydrogens (tertiary/aromatic N) is 1. The van der Waals surface area contributed by atoms with E-state index in [0.29, 0.717) is 37.6 Å². The summed E-state index contributed by atoms with van der Waals surface area (Å²) in [5, 5.41) is 5.57. The predicted molar refractivity (Wildman–Crippen MR) is 125 cm³/mol. The Morgan fingerprint density at radius 2 is 1.74 bits per heavy atom. The van der Waals surface area contributed by atoms with Gasteiger partial charge in [-0.2, -0.15) is 4.31 Å². The van der Waals surface area contributed by atoms with Crippen molar-refractivity contribution in [3.63, 3.8) is 0 Å². The molecule has 1 aliphatic heterocycles. The van der Waals surface area contributed by atoms with E-state index in [-0.39, 0.29) is 23.1 Å². The lowest BCUT2D eigenvalue weighted by molar-refractivity contribution is 0.0730. The summed E-state index contributed by atoms with van der Waals surface area (Å²) in [6.07, 6.45) is 1.41. The van der Waals surface area contributed by atoms with Crippen LogP contribution in [0.3, 0.4) is 0 Å². The van der Waals surface area contributed by atoms with Crippen molar-refractivity contribution in [1.29, 1.82) is 0 Å². The molecule has 178 valence electrons. The molecule has 34 heavy (non-hydrogen) atoms. The third kappa shape index (κ3) is 5.36. The molecule has 0 spiro atoms. The molecule has 4 rings (SSSR count). The maximum absolute atomic E-state index is 12.7. The molecule has 1 aliphatic rings. The molecular formula is C24H25N3O6S. The van der Waals surface area contributed by atoms with Crippen LogP contribution in [0.25, 0.3) is 0 Å². The van der Waals surface area contributed by atoms with Crippen LogP contribution < -0.4 is 10.6 Å². The third-order valence-corrected chi connectivity index (χ3v) is 7.39. The number of carbonyl (C=O) groups is 2. The molecule has 0 atom stereocenters. The van der Waals surface area contributed by atoms with E-state index >= 15 is 0 Å². The van der Waals surface area contributed by atoms with Crippen LogP contribution in [0.2, 0.25) is 0 Å². The maximum Gasteiger partial charge on any atom is 0.291 e. The fourth-order valence-electron chi connectivity index (χ4n) is 3.49. The highest BCUT2D eigenvalue weighted by Gasteiger charge is 2.26. The minimum Gasteiger partial charge on any atom is -0.459 e. The largest absolute Gasteiger partial charge is 0.459 e. The molecule has 1 saturated heterocycles. The van der Waals surface area contributed by atoms with Gasteiger partial charge in [0.15, 0.2) is 5.76 Å². The van der Waals surface area contributed by atoms with Gasteiger partial charge in [0.1, 0.15) is 0 Å². The zero-order valence-corrected chi connectivity index (χ0v) is 19.4. The van der Waals surface area contributed by atoms with Crippen molar-refractivity contribution in [2.24, 2.45) is 0 Å². The van der Waals surface area contributed by atoms with Crippen LogP contribution in [-0.2, 0) is 21.3 Å². The molecule has 0 aliphatic carbocycles. The van der Waals surface area contributed by atoms with Crippen LogP contribution in [-0.4, -0.2) is 50.8 Å². The van der Waals surface area contributed by atoms with Crippen molar-refractivity contribution in [3.8, 4) is 0 Å². The number of carbonyl (C=O) groups excluding carboxylic acids is 2. The van der Waals surface area contributed by atoms with E-state index in [9.17, 15) is 18.0 Å². The lowest BCUT2D eigenvalue weighted by atomic mass is 10.1. The van der Waals surface area contributed by atoms with Crippen LogP contribution >= 0.6 is 0 Å². The Labute approximate surface area is 197 Å². The number of nitrogens with one attached hydrogen (secondary N) is 2. The number of furan rings is 1. The van der Waals surface area contributed by atoms with Gasteiger partial charge in [-0.05, 0) is 54.4 Å². The van der Waals surface area contributed by atoms with Crippen molar-refractivity contribution in [2.75, 3.05) is 31.6 Å². The first kappa shape index (κ1) is 23.7. The lowest BCUT2D eigenvalue weighted by Crippen LogP contribution is -2.40. The summed E-state index contributed by atoms with van der Waals surface area (Å²) in [7, 11) is -3.56. The first-order chi connectivity index (χ1) is 16.3. The summed E-state index contributed by atoms with van der Waals surface area (Å²) in [5.41, 5.74) is 2.44. The number of anilines is 1. The summed E-state index contributed by atoms with van der Waals surface area (Å²) in [5.74, 6) is -0.551. The molecule has 2 heterocycles. The van der Waals surface area contributed by atoms with Crippen molar-refractivity contribution in [3.05, 3.63) is 83.3 Å². The minimum absolute atomic E-state index is 0.174. The molecule has 0 radical (unpaired) electrons. The van der Waals surface area contributed by atoms with Gasteiger partial charge in [0.2, 0.25) is 10.0 Å². The van der Waals surface area contributed by atoms with Gasteiger partial charge in [0.25, 0.3) is 11.8 Å². The fraction of sp³-hybridized carbons (Fsp3) is 0.250. The second-order valence-corrected chi connectivity index (χ2v) is 9.74. The molecule has 1 aromatic heterocycles. The minimum atomic E-state index is -3.56. The Morgan fingerprint density at radius 1 is 1.00 bits per heavy atom. The second kappa shape index (κ2) is 10.2. The smallest absolute Gasteiger partial charge is 0.291 e. The van der Waals surface area contributed by atoms with E-state index in [4.69, 9.17) is 9.15 Å². The highest BCUT2D eigenvalue weighted by Crippen LogP contribution is 2.20. The maximum atomic E-state index is 12.7. The van der Waals surface area contributed by atoms with Gasteiger partial charge < -0.3 is 19.8 Å². The molecule has 0 bridgehead atoms. The van der Waals surface area contributed by atoms with Gasteiger partial charge in [0.05, 0.1) is 24.4 Å². The molecular weight excluding hydrogens is 458 g/mol. The summed E-state index contributed by atoms with van der Waals surface area (Å²) >= 11 is 0. The average molecular weight is 484 g/mol. The van der Waals surface area contributed by atoms with Gasteiger partial charge in [-0.15, -0.1) is 0 Å². The van der Waals surface area contributed by atoms with E-state index in [1.807, 2.05) is 6.92 Å². The fourth-order valence-corrected chi connectivity index (χ4v) is 4.90. The number of hydrogen-bond acceptors (Lipinski definition) is 6. The standard InChI is InChI=1S/C24H25N3O6S/c1-17-4-7-19(15-21(17)26-24(29)22-3-2-12-33-22)23(28)25-16-18-5-8-20(9-6-18)34(30,31)27-10-13-32-14-11-27/h2-9,12,15H,10-11,13-14,16H2,1H3,(H,25,28)(H,26,29). The van der Waals surface area contributed by atoms with E-state index < -0.39 is 15.9 Å². The first-order valence-corrected chi connectivity index (χ1v) is 12.2. The van der Waals surface area contributed by atoms with Crippen LogP contribution in [0, 0.1) is 6.92 Å². The molecule has 10 heteroatoms. The molecule has 9 nitrogen and oxygen atoms in total. The second-order valence-electron chi connectivity index (χ2n) is 7.80. The van der Waals surface area contributed by atoms with Gasteiger partial charge in [-0.3, -0.25) is 9.59 Å². The first-order valence-electron chi connectivity index (χ1n) is 10.7. The number of aryl methyl sites for hydroxylation is 1. The average Bonchev–Trinajstić information content (AvgIpc) is 3.40. The number of amides is 2. The number of sulfonamides is 1. The molecule has 2 N–H and O–H groups in total. The topological polar surface area (TPSA) is 118 Å². The van der Waals surface area contributed by atoms with Crippen LogP contribution in [0.5, 0.6) is 0 Å². The number of morpholine rings is 1. The predicted octanol–water partition coefficient (Wildman–Crippen LogP) is 2.79. The van der Waals surface area contributed by atoms with Crippen molar-refractivity contribution in [2.45, 2.75) is 18.4 Å². The van der Waals surface area contributed by atoms with Crippen molar-refractivity contribution in [1.82, 2.24) is 9.62 Å². The molecule has 0 unspecified atom stereocenters. The third-order valence-electron chi connectivity index (χ3n) is 5.48. The van der Waals surface area contributed by atoms with Crippen LogP contribution in [0.1, 0.15) is 32.0 Å². The van der Waals surface area contributed by atoms with E-state index in [1.54, 1.807) is 54.6 Å². The summed E-state index contributed by atoms with van der Waals surface area (Å²) in [4.78, 5) is 25.1. The Kier molecular flexibility index (Phi) is 7.11. The molecule has 1 fully saturated rings. The SMILES string of the molecule is Cc1ccc(C(=O)NCc2ccc(S(=O)(=O)N3CCOCC3)cc2)cc1NC(=O)c1ccco1. The summed E-state index contributed by atoms with van der Waals surface area (Å²) in [6, 6.07) is 14.6. The Hall–Kier alpha value is -3.47. The highest BCUT2D eigenvalue weighted by molar-refractivity contribution is 7.89. The number of benzene rings is 2. The Bertz CT molecular complexity index is 1260. The summed E-state index contributed by atoms with van der Waals surface area (Å²) in [6.45, 7) is 3.49. The van der Waals surface area contributed by atoms with E-state index in [2.05, 4.69) is 10.6 Å². The number of ether oxygens (including phenoxy) is 1. The normalized spacial score (nSPS) is 14.5. The number of hydrogen-bond donors (Lipinski definition) is 2. The highest BCUT2D eigenvalue weighted by atomic mass is 32.2. The number of rotatable bonds is 7. The van der Waals surface area contributed by atoms with Crippen LogP contribution in [0.15, 0.2) is 70.2 Å². The zero-order chi connectivity index (χ0) is 24.1. The molecule has 3 aromatic rings. The van der Waals surface area contributed by atoms with Crippen molar-refractivity contribution >= 4 is 27.5 Å². The van der Waals surface area contributed by atoms with Gasteiger partial charge in [-0.1, -0.05) is 18.2 Å². The monoisotopic (exact) mass is 483 g/mol. The summed E-state index contributed by atoms with van der Waals surface area (Å²) < 4.78 is 37.2. The molecule has 2 aromatic carbocycles. The Balaban J connectivity index is 1.38. The van der Waals surface area contributed by atoms with Gasteiger partial charge >= 0.3 is 0 Å². The van der Waals surface area contributed by atoms with Crippen molar-refractivity contribution < 1.29 is 27.2 Å². The van der Waals surface area contributed by atoms with Gasteiger partial charge in [0, 0.05) is 30.9 Å². The van der Waals surface area contributed by atoms with Gasteiger partial charge in [-0.25, -0.2) is 8.42 Å². The van der Waals surface area contributed by atoms with Crippen LogP contribution in [0.4, 0.5) is 5.69 Å². The van der Waals surface area contributed by atoms with E-state index in [1.165, 1.54) is 10.6 Å². The molecule has 0 saturated carbocycles. The Morgan fingerprint density at radius 3 is 2.41 bits per heavy atom. The lowest BCUT2D eigenvalue weighted by Gasteiger charge is -2.26. The van der Waals surface area contributed by atoms with E-state index in [0.717, 1.165) is 11.1 Å².